The second-order valence-corrected chi connectivity index (χ2v) is 5.80. The summed E-state index contributed by atoms with van der Waals surface area (Å²) in [7, 11) is 0. The summed E-state index contributed by atoms with van der Waals surface area (Å²) in [6, 6.07) is 0. The Morgan fingerprint density at radius 2 is 2.24 bits per heavy atom. The molecule has 0 radical (unpaired) electrons. The molecule has 2 rings (SSSR count). The van der Waals surface area contributed by atoms with Crippen LogP contribution >= 0.6 is 0 Å². The van der Waals surface area contributed by atoms with Crippen molar-refractivity contribution in [3.63, 3.8) is 0 Å². The van der Waals surface area contributed by atoms with Crippen molar-refractivity contribution in [3.8, 4) is 0 Å². The van der Waals surface area contributed by atoms with Crippen LogP contribution in [0.2, 0.25) is 0 Å². The first-order valence-electron chi connectivity index (χ1n) is 6.75. The third kappa shape index (κ3) is 2.63. The fourth-order valence-corrected chi connectivity index (χ4v) is 2.91. The first kappa shape index (κ1) is 12.8. The van der Waals surface area contributed by atoms with Crippen LogP contribution in [-0.2, 0) is 4.79 Å². The molecular weight excluding hydrogens is 216 g/mol. The van der Waals surface area contributed by atoms with E-state index in [2.05, 4.69) is 5.32 Å². The predicted octanol–water partition coefficient (Wildman–Crippen LogP) is 0.748. The van der Waals surface area contributed by atoms with E-state index >= 15 is 0 Å². The molecule has 0 aromatic heterocycles. The SMILES string of the molecule is CC1CN(C(=O)C2(C)CCCCN2)CCC1O. The van der Waals surface area contributed by atoms with Crippen LogP contribution in [0.3, 0.4) is 0 Å². The zero-order valence-corrected chi connectivity index (χ0v) is 10.9. The standard InChI is InChI=1S/C13H24N2O2/c1-10-9-15(8-5-11(10)16)12(17)13(2)6-3-4-7-14-13/h10-11,14,16H,3-9H2,1-2H3. The van der Waals surface area contributed by atoms with E-state index < -0.39 is 0 Å². The van der Waals surface area contributed by atoms with Gasteiger partial charge in [-0.25, -0.2) is 0 Å². The lowest BCUT2D eigenvalue weighted by molar-refractivity contribution is -0.142. The van der Waals surface area contributed by atoms with Gasteiger partial charge in [0.25, 0.3) is 0 Å². The summed E-state index contributed by atoms with van der Waals surface area (Å²) in [6.45, 7) is 6.36. The maximum atomic E-state index is 12.5. The molecule has 3 atom stereocenters. The lowest BCUT2D eigenvalue weighted by Crippen LogP contribution is -2.60. The summed E-state index contributed by atoms with van der Waals surface area (Å²) >= 11 is 0. The molecule has 2 N–H and O–H groups in total. The Morgan fingerprint density at radius 1 is 1.47 bits per heavy atom. The van der Waals surface area contributed by atoms with Gasteiger partial charge in [0.15, 0.2) is 0 Å². The maximum Gasteiger partial charge on any atom is 0.242 e. The number of hydrogen-bond acceptors (Lipinski definition) is 3. The molecule has 4 heteroatoms. The van der Waals surface area contributed by atoms with Gasteiger partial charge in [0.05, 0.1) is 11.6 Å². The average molecular weight is 240 g/mol. The van der Waals surface area contributed by atoms with Gasteiger partial charge in [-0.15, -0.1) is 0 Å². The van der Waals surface area contributed by atoms with Crippen molar-refractivity contribution in [1.29, 1.82) is 0 Å². The van der Waals surface area contributed by atoms with Gasteiger partial charge in [-0.3, -0.25) is 4.79 Å². The lowest BCUT2D eigenvalue weighted by atomic mass is 9.87. The van der Waals surface area contributed by atoms with Gasteiger partial charge in [-0.2, -0.15) is 0 Å². The molecule has 2 saturated heterocycles. The van der Waals surface area contributed by atoms with Crippen LogP contribution in [0, 0.1) is 5.92 Å². The molecule has 0 bridgehead atoms. The molecule has 0 aliphatic carbocycles. The van der Waals surface area contributed by atoms with Crippen LogP contribution < -0.4 is 5.32 Å². The number of amides is 1. The molecule has 4 nitrogen and oxygen atoms in total. The third-order valence-electron chi connectivity index (χ3n) is 4.24. The van der Waals surface area contributed by atoms with E-state index in [1.54, 1.807) is 0 Å². The molecule has 0 aromatic carbocycles. The van der Waals surface area contributed by atoms with Crippen LogP contribution in [0.25, 0.3) is 0 Å². The molecule has 3 unspecified atom stereocenters. The fourth-order valence-electron chi connectivity index (χ4n) is 2.91. The van der Waals surface area contributed by atoms with Crippen molar-refractivity contribution >= 4 is 5.91 Å². The van der Waals surface area contributed by atoms with Gasteiger partial charge in [-0.1, -0.05) is 6.92 Å². The van der Waals surface area contributed by atoms with E-state index in [1.165, 1.54) is 0 Å². The second kappa shape index (κ2) is 4.94. The molecule has 1 amide bonds. The topological polar surface area (TPSA) is 52.6 Å². The van der Waals surface area contributed by atoms with Gasteiger partial charge in [-0.05, 0) is 45.1 Å². The number of rotatable bonds is 1. The quantitative estimate of drug-likeness (QED) is 0.711. The Hall–Kier alpha value is -0.610. The second-order valence-electron chi connectivity index (χ2n) is 5.80. The number of nitrogens with zero attached hydrogens (tertiary/aromatic N) is 1. The van der Waals surface area contributed by atoms with Crippen LogP contribution in [0.15, 0.2) is 0 Å². The Bertz CT molecular complexity index is 287. The van der Waals surface area contributed by atoms with Gasteiger partial charge in [0.2, 0.25) is 5.91 Å². The number of likely N-dealkylation sites (tertiary alicyclic amines) is 1. The number of carbonyl (C=O) groups excluding carboxylic acids is 1. The summed E-state index contributed by atoms with van der Waals surface area (Å²) in [5.41, 5.74) is -0.375. The molecule has 17 heavy (non-hydrogen) atoms. The van der Waals surface area contributed by atoms with Crippen molar-refractivity contribution in [2.75, 3.05) is 19.6 Å². The predicted molar refractivity (Wildman–Crippen MR) is 66.6 cm³/mol. The lowest BCUT2D eigenvalue weighted by Gasteiger charge is -2.41. The Kier molecular flexibility index (Phi) is 3.73. The maximum absolute atomic E-state index is 12.5. The number of hydrogen-bond donors (Lipinski definition) is 2. The smallest absolute Gasteiger partial charge is 0.242 e. The highest BCUT2D eigenvalue weighted by atomic mass is 16.3. The minimum absolute atomic E-state index is 0.194. The summed E-state index contributed by atoms with van der Waals surface area (Å²) in [6.07, 6.45) is 3.69. The van der Waals surface area contributed by atoms with Gasteiger partial charge < -0.3 is 15.3 Å². The van der Waals surface area contributed by atoms with Crippen LogP contribution in [0.4, 0.5) is 0 Å². The summed E-state index contributed by atoms with van der Waals surface area (Å²) in [4.78, 5) is 14.4. The number of aliphatic hydroxyl groups excluding tert-OH is 1. The van der Waals surface area contributed by atoms with E-state index in [0.717, 1.165) is 25.8 Å². The van der Waals surface area contributed by atoms with E-state index in [4.69, 9.17) is 0 Å². The summed E-state index contributed by atoms with van der Waals surface area (Å²) in [5.74, 6) is 0.413. The Morgan fingerprint density at radius 3 is 2.82 bits per heavy atom. The summed E-state index contributed by atoms with van der Waals surface area (Å²) in [5, 5.41) is 13.1. The molecule has 2 aliphatic heterocycles. The van der Waals surface area contributed by atoms with Crippen molar-refractivity contribution in [1.82, 2.24) is 10.2 Å². The van der Waals surface area contributed by atoms with Crippen LogP contribution in [-0.4, -0.2) is 47.2 Å². The monoisotopic (exact) mass is 240 g/mol. The van der Waals surface area contributed by atoms with Crippen LogP contribution in [0.5, 0.6) is 0 Å². The minimum Gasteiger partial charge on any atom is -0.393 e. The minimum atomic E-state index is -0.375. The molecule has 98 valence electrons. The number of piperidine rings is 2. The largest absolute Gasteiger partial charge is 0.393 e. The number of aliphatic hydroxyl groups is 1. The van der Waals surface area contributed by atoms with Crippen molar-refractivity contribution < 1.29 is 9.90 Å². The normalized spacial score (nSPS) is 39.1. The zero-order chi connectivity index (χ0) is 12.5. The molecule has 0 aromatic rings. The zero-order valence-electron chi connectivity index (χ0n) is 10.9. The Balaban J connectivity index is 1.99. The Labute approximate surface area is 103 Å². The molecule has 2 heterocycles. The highest BCUT2D eigenvalue weighted by Gasteiger charge is 2.39. The van der Waals surface area contributed by atoms with E-state index in [-0.39, 0.29) is 23.5 Å². The molecule has 0 spiro atoms. The molecule has 2 aliphatic rings. The average Bonchev–Trinajstić information content (AvgIpc) is 2.33. The van der Waals surface area contributed by atoms with Gasteiger partial charge in [0, 0.05) is 13.1 Å². The summed E-state index contributed by atoms with van der Waals surface area (Å²) < 4.78 is 0. The molecule has 2 fully saturated rings. The van der Waals surface area contributed by atoms with Gasteiger partial charge >= 0.3 is 0 Å². The third-order valence-corrected chi connectivity index (χ3v) is 4.24. The highest BCUT2D eigenvalue weighted by Crippen LogP contribution is 2.24. The van der Waals surface area contributed by atoms with Crippen LogP contribution in [0.1, 0.15) is 39.5 Å². The first-order chi connectivity index (χ1) is 8.03. The van der Waals surface area contributed by atoms with E-state index in [9.17, 15) is 9.90 Å². The van der Waals surface area contributed by atoms with E-state index in [1.807, 2.05) is 18.7 Å². The fraction of sp³-hybridized carbons (Fsp3) is 0.923. The van der Waals surface area contributed by atoms with Gasteiger partial charge in [0.1, 0.15) is 0 Å². The van der Waals surface area contributed by atoms with Crippen molar-refractivity contribution in [2.45, 2.75) is 51.2 Å². The number of carbonyl (C=O) groups is 1. The molecular formula is C13H24N2O2. The molecule has 0 saturated carbocycles. The van der Waals surface area contributed by atoms with E-state index in [0.29, 0.717) is 19.5 Å². The number of nitrogens with one attached hydrogen (secondary N) is 1. The van der Waals surface area contributed by atoms with Crippen molar-refractivity contribution in [3.05, 3.63) is 0 Å². The first-order valence-corrected chi connectivity index (χ1v) is 6.75. The van der Waals surface area contributed by atoms with Crippen molar-refractivity contribution in [2.24, 2.45) is 5.92 Å². The highest BCUT2D eigenvalue weighted by molar-refractivity contribution is 5.86.